The third-order valence-corrected chi connectivity index (χ3v) is 4.92. The number of carbonyl (C=O) groups is 1. The fraction of sp³-hybridized carbons (Fsp3) is 0.529. The summed E-state index contributed by atoms with van der Waals surface area (Å²) in [7, 11) is 0. The van der Waals surface area contributed by atoms with Crippen molar-refractivity contribution in [1.29, 1.82) is 5.26 Å². The minimum Gasteiger partial charge on any atom is -0.493 e. The first kappa shape index (κ1) is 17.2. The average molecular weight is 344 g/mol. The number of rotatable bonds is 6. The number of hydrogen-bond acceptors (Lipinski definition) is 6. The van der Waals surface area contributed by atoms with Crippen molar-refractivity contribution < 1.29 is 14.5 Å². The van der Waals surface area contributed by atoms with Crippen molar-refractivity contribution in [1.82, 2.24) is 4.90 Å². The van der Waals surface area contributed by atoms with Gasteiger partial charge in [0, 0.05) is 18.7 Å². The van der Waals surface area contributed by atoms with Gasteiger partial charge in [0.05, 0.1) is 23.6 Å². The fourth-order valence-electron chi connectivity index (χ4n) is 3.31. The van der Waals surface area contributed by atoms with Crippen LogP contribution < -0.4 is 10.5 Å². The summed E-state index contributed by atoms with van der Waals surface area (Å²) in [5, 5.41) is 19.7. The minimum atomic E-state index is -0.598. The number of nitro benzene ring substituents is 1. The van der Waals surface area contributed by atoms with E-state index in [0.717, 1.165) is 12.8 Å². The predicted octanol–water partition coefficient (Wildman–Crippen LogP) is 1.45. The number of likely N-dealkylation sites (tertiary alicyclic amines) is 1. The highest BCUT2D eigenvalue weighted by molar-refractivity contribution is 5.83. The van der Waals surface area contributed by atoms with Crippen molar-refractivity contribution in [3.8, 4) is 11.8 Å². The molecule has 8 nitrogen and oxygen atoms in total. The number of non-ortho nitro benzene ring substituents is 1. The number of nitro groups is 1. The van der Waals surface area contributed by atoms with E-state index in [1.54, 1.807) is 17.0 Å². The molecule has 4 atom stereocenters. The lowest BCUT2D eigenvalue weighted by atomic mass is 10.1. The first-order valence-corrected chi connectivity index (χ1v) is 8.34. The van der Waals surface area contributed by atoms with Crippen molar-refractivity contribution in [3.63, 3.8) is 0 Å². The molecule has 1 aromatic rings. The molecule has 1 aromatic carbocycles. The summed E-state index contributed by atoms with van der Waals surface area (Å²) in [5.74, 6) is 0.662. The molecule has 8 heteroatoms. The Labute approximate surface area is 145 Å². The number of amides is 1. The number of benzene rings is 1. The zero-order valence-corrected chi connectivity index (χ0v) is 13.7. The van der Waals surface area contributed by atoms with Gasteiger partial charge >= 0.3 is 0 Å². The standard InChI is InChI=1S/C17H20N4O4/c18-9-13-2-1-7-20(13)17(22)16(19)15-8-11(15)10-25-14-5-3-12(4-6-14)21(23)24/h3-6,11,13,15-16H,1-2,7-8,10,19H2. The number of carbonyl (C=O) groups excluding carboxylic acids is 1. The van der Waals surface area contributed by atoms with Gasteiger partial charge in [0.2, 0.25) is 5.91 Å². The van der Waals surface area contributed by atoms with E-state index in [1.807, 2.05) is 0 Å². The zero-order chi connectivity index (χ0) is 18.0. The van der Waals surface area contributed by atoms with Gasteiger partial charge in [0.25, 0.3) is 5.69 Å². The molecule has 132 valence electrons. The van der Waals surface area contributed by atoms with E-state index >= 15 is 0 Å². The summed E-state index contributed by atoms with van der Waals surface area (Å²) in [6.45, 7) is 1.02. The maximum Gasteiger partial charge on any atom is 0.269 e. The summed E-state index contributed by atoms with van der Waals surface area (Å²) in [5.41, 5.74) is 6.12. The maximum absolute atomic E-state index is 12.5. The number of hydrogen-bond donors (Lipinski definition) is 1. The Morgan fingerprint density at radius 3 is 2.84 bits per heavy atom. The van der Waals surface area contributed by atoms with E-state index in [0.29, 0.717) is 25.3 Å². The molecule has 1 saturated carbocycles. The number of nitrogens with zero attached hydrogens (tertiary/aromatic N) is 3. The van der Waals surface area contributed by atoms with Gasteiger partial charge in [-0.25, -0.2) is 0 Å². The second-order valence-electron chi connectivity index (χ2n) is 6.57. The third-order valence-electron chi connectivity index (χ3n) is 4.92. The lowest BCUT2D eigenvalue weighted by Crippen LogP contribution is -2.47. The van der Waals surface area contributed by atoms with Gasteiger partial charge in [-0.2, -0.15) is 5.26 Å². The van der Waals surface area contributed by atoms with Crippen LogP contribution in [0.1, 0.15) is 19.3 Å². The van der Waals surface area contributed by atoms with Gasteiger partial charge < -0.3 is 15.4 Å². The van der Waals surface area contributed by atoms with Crippen LogP contribution in [-0.4, -0.2) is 41.0 Å². The molecule has 0 aromatic heterocycles. The largest absolute Gasteiger partial charge is 0.493 e. The number of ether oxygens (including phenoxy) is 1. The molecule has 2 fully saturated rings. The highest BCUT2D eigenvalue weighted by atomic mass is 16.6. The molecule has 1 saturated heterocycles. The molecule has 1 heterocycles. The highest BCUT2D eigenvalue weighted by Crippen LogP contribution is 2.41. The summed E-state index contributed by atoms with van der Waals surface area (Å²) >= 11 is 0. The Morgan fingerprint density at radius 2 is 2.20 bits per heavy atom. The Balaban J connectivity index is 1.48. The highest BCUT2D eigenvalue weighted by Gasteiger charge is 2.47. The lowest BCUT2D eigenvalue weighted by Gasteiger charge is -2.23. The van der Waals surface area contributed by atoms with Gasteiger partial charge in [-0.05, 0) is 43.2 Å². The Bertz CT molecular complexity index is 700. The van der Waals surface area contributed by atoms with Crippen LogP contribution in [0.2, 0.25) is 0 Å². The van der Waals surface area contributed by atoms with Crippen LogP contribution in [0.3, 0.4) is 0 Å². The molecule has 4 unspecified atom stereocenters. The summed E-state index contributed by atoms with van der Waals surface area (Å²) < 4.78 is 5.64. The van der Waals surface area contributed by atoms with Crippen LogP contribution in [0.5, 0.6) is 5.75 Å². The van der Waals surface area contributed by atoms with E-state index in [-0.39, 0.29) is 29.5 Å². The second-order valence-corrected chi connectivity index (χ2v) is 6.57. The molecule has 1 aliphatic carbocycles. The molecule has 25 heavy (non-hydrogen) atoms. The summed E-state index contributed by atoms with van der Waals surface area (Å²) in [6, 6.07) is 7.11. The zero-order valence-electron chi connectivity index (χ0n) is 13.7. The van der Waals surface area contributed by atoms with E-state index in [1.165, 1.54) is 12.1 Å². The fourth-order valence-corrected chi connectivity index (χ4v) is 3.31. The normalized spacial score (nSPS) is 25.9. The Kier molecular flexibility index (Phi) is 4.86. The molecule has 1 aliphatic heterocycles. The SMILES string of the molecule is N#CC1CCCN1C(=O)C(N)C1CC1COc1ccc([N+](=O)[O-])cc1. The molecule has 0 spiro atoms. The van der Waals surface area contributed by atoms with E-state index < -0.39 is 11.0 Å². The molecule has 3 rings (SSSR count). The minimum absolute atomic E-state index is 0.0157. The molecule has 0 radical (unpaired) electrons. The van der Waals surface area contributed by atoms with Crippen molar-refractivity contribution in [2.45, 2.75) is 31.3 Å². The van der Waals surface area contributed by atoms with Crippen LogP contribution in [0, 0.1) is 33.3 Å². The lowest BCUT2D eigenvalue weighted by molar-refractivity contribution is -0.384. The van der Waals surface area contributed by atoms with E-state index in [2.05, 4.69) is 6.07 Å². The molecular formula is C17H20N4O4. The number of nitriles is 1. The Hall–Kier alpha value is -2.66. The van der Waals surface area contributed by atoms with Gasteiger partial charge in [0.1, 0.15) is 11.8 Å². The number of nitrogens with two attached hydrogens (primary N) is 1. The quantitative estimate of drug-likeness (QED) is 0.615. The van der Waals surface area contributed by atoms with Crippen molar-refractivity contribution in [2.75, 3.05) is 13.2 Å². The van der Waals surface area contributed by atoms with Crippen molar-refractivity contribution in [2.24, 2.45) is 17.6 Å². The van der Waals surface area contributed by atoms with Crippen molar-refractivity contribution in [3.05, 3.63) is 34.4 Å². The van der Waals surface area contributed by atoms with Crippen molar-refractivity contribution >= 4 is 11.6 Å². The predicted molar refractivity (Wildman–Crippen MR) is 88.5 cm³/mol. The molecule has 2 N–H and O–H groups in total. The molecule has 2 aliphatic rings. The van der Waals surface area contributed by atoms with Crippen LogP contribution in [0.15, 0.2) is 24.3 Å². The smallest absolute Gasteiger partial charge is 0.269 e. The van der Waals surface area contributed by atoms with Crippen LogP contribution in [0.25, 0.3) is 0 Å². The van der Waals surface area contributed by atoms with E-state index in [9.17, 15) is 14.9 Å². The maximum atomic E-state index is 12.5. The average Bonchev–Trinajstić information content (AvgIpc) is 3.24. The first-order chi connectivity index (χ1) is 12.0. The van der Waals surface area contributed by atoms with Gasteiger partial charge in [-0.1, -0.05) is 0 Å². The van der Waals surface area contributed by atoms with Crippen LogP contribution in [0.4, 0.5) is 5.69 Å². The molecule has 1 amide bonds. The molecule has 0 bridgehead atoms. The van der Waals surface area contributed by atoms with Crippen LogP contribution >= 0.6 is 0 Å². The summed E-state index contributed by atoms with van der Waals surface area (Å²) in [6.07, 6.45) is 2.37. The Morgan fingerprint density at radius 1 is 1.48 bits per heavy atom. The van der Waals surface area contributed by atoms with Gasteiger partial charge in [-0.15, -0.1) is 0 Å². The summed E-state index contributed by atoms with van der Waals surface area (Å²) in [4.78, 5) is 24.2. The monoisotopic (exact) mass is 344 g/mol. The molecular weight excluding hydrogens is 324 g/mol. The van der Waals surface area contributed by atoms with Gasteiger partial charge in [0.15, 0.2) is 0 Å². The topological polar surface area (TPSA) is 122 Å². The third kappa shape index (κ3) is 3.72. The van der Waals surface area contributed by atoms with E-state index in [4.69, 9.17) is 15.7 Å². The van der Waals surface area contributed by atoms with Gasteiger partial charge in [-0.3, -0.25) is 14.9 Å². The second kappa shape index (κ2) is 7.07. The first-order valence-electron chi connectivity index (χ1n) is 8.34. The van der Waals surface area contributed by atoms with Crippen LogP contribution in [-0.2, 0) is 4.79 Å².